The van der Waals surface area contributed by atoms with Gasteiger partial charge in [0.1, 0.15) is 5.75 Å². The number of ether oxygens (including phenoxy) is 1. The van der Waals surface area contributed by atoms with Crippen LogP contribution in [0.25, 0.3) is 0 Å². The van der Waals surface area contributed by atoms with Crippen LogP contribution in [0.4, 0.5) is 4.79 Å². The number of aryl methyl sites for hydroxylation is 1. The van der Waals surface area contributed by atoms with E-state index in [4.69, 9.17) is 4.74 Å². The Bertz CT molecular complexity index is 380. The Morgan fingerprint density at radius 3 is 2.33 bits per heavy atom. The van der Waals surface area contributed by atoms with E-state index >= 15 is 0 Å². The lowest BCUT2D eigenvalue weighted by molar-refractivity contribution is -0.870. The Morgan fingerprint density at radius 1 is 1.22 bits per heavy atom. The lowest BCUT2D eigenvalue weighted by Gasteiger charge is -2.23. The molecule has 0 fully saturated rings. The molecule has 0 atom stereocenters. The topological polar surface area (TPSA) is 38.3 Å². The van der Waals surface area contributed by atoms with Gasteiger partial charge in [-0.1, -0.05) is 12.1 Å². The quantitative estimate of drug-likeness (QED) is 0.813. The Balaban J connectivity index is 2.43. The highest BCUT2D eigenvalue weighted by Crippen LogP contribution is 2.13. The van der Waals surface area contributed by atoms with Gasteiger partial charge in [0.15, 0.2) is 0 Å². The average Bonchev–Trinajstić information content (AvgIpc) is 2.29. The van der Waals surface area contributed by atoms with Crippen molar-refractivity contribution in [2.75, 3.05) is 34.7 Å². The maximum Gasteiger partial charge on any atom is 0.412 e. The van der Waals surface area contributed by atoms with Gasteiger partial charge in [-0.15, -0.1) is 0 Å². The van der Waals surface area contributed by atoms with Gasteiger partial charge in [0.05, 0.1) is 27.7 Å². The van der Waals surface area contributed by atoms with E-state index in [-0.39, 0.29) is 0 Å². The van der Waals surface area contributed by atoms with Crippen LogP contribution in [-0.2, 0) is 6.42 Å². The molecule has 4 nitrogen and oxygen atoms in total. The van der Waals surface area contributed by atoms with E-state index in [9.17, 15) is 4.79 Å². The number of rotatable bonds is 5. The van der Waals surface area contributed by atoms with Gasteiger partial charge < -0.3 is 14.5 Å². The highest BCUT2D eigenvalue weighted by Gasteiger charge is 2.06. The Hall–Kier alpha value is -1.55. The third-order valence-corrected chi connectivity index (χ3v) is 2.63. The number of nitrogens with one attached hydrogen (secondary N) is 1. The first kappa shape index (κ1) is 14.5. The molecule has 0 aromatic heterocycles. The third kappa shape index (κ3) is 5.68. The van der Waals surface area contributed by atoms with Crippen molar-refractivity contribution >= 4 is 6.09 Å². The van der Waals surface area contributed by atoms with Gasteiger partial charge in [0.25, 0.3) is 0 Å². The molecule has 0 aliphatic carbocycles. The molecule has 1 aromatic rings. The van der Waals surface area contributed by atoms with Crippen molar-refractivity contribution in [3.05, 3.63) is 29.8 Å². The number of amides is 1. The minimum Gasteiger partial charge on any atom is -0.410 e. The summed E-state index contributed by atoms with van der Waals surface area (Å²) < 4.78 is 6.01. The molecule has 1 aromatic carbocycles. The lowest BCUT2D eigenvalue weighted by atomic mass is 10.1. The van der Waals surface area contributed by atoms with Crippen molar-refractivity contribution in [2.45, 2.75) is 12.8 Å². The van der Waals surface area contributed by atoms with E-state index in [2.05, 4.69) is 26.5 Å². The van der Waals surface area contributed by atoms with Gasteiger partial charge in [-0.3, -0.25) is 0 Å². The number of carbonyl (C=O) groups excluding carboxylic acids is 1. The minimum absolute atomic E-state index is 0.437. The van der Waals surface area contributed by atoms with E-state index in [1.165, 1.54) is 5.56 Å². The molecule has 4 heteroatoms. The normalized spacial score (nSPS) is 11.1. The predicted molar refractivity (Wildman–Crippen MR) is 72.7 cm³/mol. The van der Waals surface area contributed by atoms with Gasteiger partial charge in [-0.25, -0.2) is 4.79 Å². The predicted octanol–water partition coefficient (Wildman–Crippen LogP) is 2.04. The zero-order valence-corrected chi connectivity index (χ0v) is 11.7. The summed E-state index contributed by atoms with van der Waals surface area (Å²) in [5, 5.41) is 2.42. The van der Waals surface area contributed by atoms with Crippen LogP contribution in [0.15, 0.2) is 24.3 Å². The summed E-state index contributed by atoms with van der Waals surface area (Å²) >= 11 is 0. The molecule has 1 N–H and O–H groups in total. The van der Waals surface area contributed by atoms with E-state index in [1.807, 2.05) is 24.3 Å². The second kappa shape index (κ2) is 6.40. The first-order valence-corrected chi connectivity index (χ1v) is 6.20. The van der Waals surface area contributed by atoms with Crippen molar-refractivity contribution in [1.82, 2.24) is 5.32 Å². The molecule has 100 valence electrons. The number of hydrogen-bond donors (Lipinski definition) is 1. The molecule has 0 bridgehead atoms. The maximum atomic E-state index is 11.0. The van der Waals surface area contributed by atoms with Gasteiger partial charge in [0, 0.05) is 13.5 Å². The SMILES string of the molecule is CNC(=O)Oc1ccc(CCC[N+](C)(C)C)cc1. The van der Waals surface area contributed by atoms with Crippen LogP contribution >= 0.6 is 0 Å². The standard InChI is InChI=1S/C14H22N2O2/c1-15-14(17)18-13-9-7-12(8-10-13)6-5-11-16(2,3)4/h7-10H,5-6,11H2,1-4H3/p+1. The van der Waals surface area contributed by atoms with Crippen LogP contribution in [0.5, 0.6) is 5.75 Å². The molecule has 1 amide bonds. The van der Waals surface area contributed by atoms with Crippen LogP contribution in [0.3, 0.4) is 0 Å². The van der Waals surface area contributed by atoms with E-state index in [0.29, 0.717) is 5.75 Å². The summed E-state index contributed by atoms with van der Waals surface area (Å²) in [6.45, 7) is 1.15. The van der Waals surface area contributed by atoms with Crippen LogP contribution in [0.2, 0.25) is 0 Å². The van der Waals surface area contributed by atoms with Crippen molar-refractivity contribution in [1.29, 1.82) is 0 Å². The molecular weight excluding hydrogens is 228 g/mol. The molecule has 0 aliphatic rings. The maximum absolute atomic E-state index is 11.0. The number of benzene rings is 1. The summed E-state index contributed by atoms with van der Waals surface area (Å²) in [6, 6.07) is 7.68. The molecule has 18 heavy (non-hydrogen) atoms. The molecular formula is C14H23N2O2+. The summed E-state index contributed by atoms with van der Waals surface area (Å²) in [4.78, 5) is 11.0. The largest absolute Gasteiger partial charge is 0.412 e. The minimum atomic E-state index is -0.437. The monoisotopic (exact) mass is 251 g/mol. The number of quaternary nitrogens is 1. The molecule has 0 spiro atoms. The fraction of sp³-hybridized carbons (Fsp3) is 0.500. The van der Waals surface area contributed by atoms with Crippen LogP contribution in [-0.4, -0.2) is 45.3 Å². The van der Waals surface area contributed by atoms with Gasteiger partial charge in [0.2, 0.25) is 0 Å². The van der Waals surface area contributed by atoms with E-state index < -0.39 is 6.09 Å². The molecule has 0 radical (unpaired) electrons. The fourth-order valence-corrected chi connectivity index (χ4v) is 1.64. The van der Waals surface area contributed by atoms with Gasteiger partial charge in [-0.05, 0) is 24.1 Å². The Labute approximate surface area is 109 Å². The average molecular weight is 251 g/mol. The number of hydrogen-bond acceptors (Lipinski definition) is 2. The van der Waals surface area contributed by atoms with Crippen molar-refractivity contribution in [2.24, 2.45) is 0 Å². The van der Waals surface area contributed by atoms with Gasteiger partial charge >= 0.3 is 6.09 Å². The highest BCUT2D eigenvalue weighted by molar-refractivity contribution is 5.69. The second-order valence-electron chi connectivity index (χ2n) is 5.40. The molecule has 1 rings (SSSR count). The number of nitrogens with zero attached hydrogens (tertiary/aromatic N) is 1. The zero-order valence-electron chi connectivity index (χ0n) is 11.7. The molecule has 0 unspecified atom stereocenters. The smallest absolute Gasteiger partial charge is 0.410 e. The summed E-state index contributed by atoms with van der Waals surface area (Å²) in [6.07, 6.45) is 1.77. The number of carbonyl (C=O) groups is 1. The molecule has 0 saturated carbocycles. The Morgan fingerprint density at radius 2 is 1.83 bits per heavy atom. The van der Waals surface area contributed by atoms with E-state index in [1.54, 1.807) is 7.05 Å². The highest BCUT2D eigenvalue weighted by atomic mass is 16.5. The molecule has 0 aliphatic heterocycles. The van der Waals surface area contributed by atoms with E-state index in [0.717, 1.165) is 23.9 Å². The summed E-state index contributed by atoms with van der Waals surface area (Å²) in [5.74, 6) is 0.574. The summed E-state index contributed by atoms with van der Waals surface area (Å²) in [7, 11) is 8.13. The second-order valence-corrected chi connectivity index (χ2v) is 5.40. The lowest BCUT2D eigenvalue weighted by Crippen LogP contribution is -2.35. The molecule has 0 heterocycles. The first-order valence-electron chi connectivity index (χ1n) is 6.20. The van der Waals surface area contributed by atoms with Crippen LogP contribution in [0, 0.1) is 0 Å². The van der Waals surface area contributed by atoms with Gasteiger partial charge in [-0.2, -0.15) is 0 Å². The molecule has 0 saturated heterocycles. The first-order chi connectivity index (χ1) is 8.40. The van der Waals surface area contributed by atoms with Crippen molar-refractivity contribution < 1.29 is 14.0 Å². The zero-order chi connectivity index (χ0) is 13.6. The van der Waals surface area contributed by atoms with Crippen LogP contribution in [0.1, 0.15) is 12.0 Å². The van der Waals surface area contributed by atoms with Crippen molar-refractivity contribution in [3.8, 4) is 5.75 Å². The van der Waals surface area contributed by atoms with Crippen molar-refractivity contribution in [3.63, 3.8) is 0 Å². The van der Waals surface area contributed by atoms with Crippen LogP contribution < -0.4 is 10.1 Å². The Kier molecular flexibility index (Phi) is 5.16. The summed E-state index contributed by atoms with van der Waals surface area (Å²) in [5.41, 5.74) is 1.27. The third-order valence-electron chi connectivity index (χ3n) is 2.63. The fourth-order valence-electron chi connectivity index (χ4n) is 1.64.